The number of imide groups is 4. The molecule has 4 aliphatic heterocycles. The van der Waals surface area contributed by atoms with Crippen LogP contribution in [0.2, 0.25) is 15.1 Å². The summed E-state index contributed by atoms with van der Waals surface area (Å²) in [5.41, 5.74) is 17.3. The van der Waals surface area contributed by atoms with E-state index in [0.29, 0.717) is 80.4 Å². The van der Waals surface area contributed by atoms with E-state index in [4.69, 9.17) is 61.3 Å². The summed E-state index contributed by atoms with van der Waals surface area (Å²) in [7, 11) is 4.89. The second-order valence-corrected chi connectivity index (χ2v) is 29.4. The third kappa shape index (κ3) is 28.5. The molecule has 5 aromatic heterocycles. The minimum absolute atomic E-state index is 0. The van der Waals surface area contributed by atoms with E-state index in [9.17, 15) is 61.6 Å². The maximum absolute atomic E-state index is 13.3. The zero-order valence-corrected chi connectivity index (χ0v) is 70.4. The number of aromatic nitrogens is 5. The Bertz CT molecular complexity index is 6550. The van der Waals surface area contributed by atoms with Gasteiger partial charge in [0.2, 0.25) is 47.3 Å². The number of fused-ring (bicyclic) bond motifs is 5. The average molecular weight is 1900 g/mol. The molecule has 0 bridgehead atoms. The molecule has 36 heteroatoms. The van der Waals surface area contributed by atoms with Gasteiger partial charge in [-0.05, 0) is 166 Å². The molecule has 9 amide bonds. The molecule has 0 unspecified atom stereocenters. The standard InChI is InChI=1S/C21H16FN3O3.C21H14FN3O2.C15H10ClN3O2.C11H6BrClN2.C11H7ClN2.C6H5BFO2.C4H5NO2.5CH4.BHNS/c22-14-4-2-13(3-5-14)16-10-18(21(23)28)24-17-9-12(1-6-15(16)17)11-25-19(26)7-8-20(25)27;22-15-4-2-14(3-5-15)18-10-16(11-23)24-19-9-13(1-6-17(18)19)12-25-20(26)7-8-21(25)27;16-12-6-10(7-17)18-13-5-9(1-2-11(12)13)8-19-14(20)3-4-15(19)21;12-5-7-1-2-9-10(13)4-8(6-14)15-11(9)3-7;1-7-2-3-9-10(12)5-8(6-13)14-11(9)4-7;8-5-1-3-6(4-2-5)10-7-9;6-3-1-2-4(7)5-3;;;;;;1-2-3/h1-6,9-10H,7-8,11H2,(H2,23,28);1-6,9-10H,7-8,12H2;1-2,5-6H,3-4,8H2;1-4H,5H2;2-5H,1H3;1-4,9H;1-2H2,(H,5,6,7);5*1H4;3H. The molecule has 0 saturated carbocycles. The van der Waals surface area contributed by atoms with Crippen LogP contribution in [0.15, 0.2) is 198 Å². The fourth-order valence-corrected chi connectivity index (χ4v) is 13.9. The Labute approximate surface area is 778 Å². The number of alkyl halides is 1. The Kier molecular flexibility index (Phi) is 41.4. The molecule has 4 saturated heterocycles. The topological polar surface area (TPSA) is 403 Å². The Hall–Kier alpha value is -14.0. The molecular formula is C94H84B2BrCl3F3N15O11S. The molecule has 0 aliphatic carbocycles. The van der Waals surface area contributed by atoms with Gasteiger partial charge < -0.3 is 15.4 Å². The number of primary amides is 1. The number of rotatable bonds is 12. The number of amides is 9. The fraction of sp³-hybridized carbons (Fsp3) is 0.191. The third-order valence-corrected chi connectivity index (χ3v) is 20.4. The van der Waals surface area contributed by atoms with Crippen LogP contribution in [0, 0.1) is 69.7 Å². The van der Waals surface area contributed by atoms with Crippen molar-refractivity contribution in [3.05, 3.63) is 283 Å². The predicted molar refractivity (Wildman–Crippen MR) is 502 cm³/mol. The second kappa shape index (κ2) is 50.5. The Balaban J connectivity index is 0.000000275. The van der Waals surface area contributed by atoms with Crippen LogP contribution in [0.25, 0.3) is 76.8 Å². The van der Waals surface area contributed by atoms with Gasteiger partial charge in [0.1, 0.15) is 75.9 Å². The third-order valence-electron chi connectivity index (χ3n) is 18.8. The molecule has 0 spiro atoms. The number of hydrogen-bond donors (Lipinski definition) is 4. The number of nitrogens with two attached hydrogens (primary N) is 1. The van der Waals surface area contributed by atoms with Crippen molar-refractivity contribution in [3.63, 3.8) is 0 Å². The molecule has 13 aromatic rings. The van der Waals surface area contributed by atoms with Crippen LogP contribution < -0.4 is 15.7 Å². The van der Waals surface area contributed by atoms with Gasteiger partial charge in [0.15, 0.2) is 0 Å². The number of carbonyl (C=O) groups is 9. The van der Waals surface area contributed by atoms with Gasteiger partial charge in [-0.15, -0.1) is 0 Å². The fourth-order valence-electron chi connectivity index (χ4n) is 12.8. The number of hydrogen-bond acceptors (Lipinski definition) is 22. The van der Waals surface area contributed by atoms with Crippen LogP contribution in [-0.2, 0) is 63.3 Å². The van der Waals surface area contributed by atoms with Crippen molar-refractivity contribution in [1.29, 1.82) is 21.0 Å². The molecule has 9 heterocycles. The van der Waals surface area contributed by atoms with Crippen molar-refractivity contribution >= 4 is 187 Å². The van der Waals surface area contributed by atoms with E-state index in [1.54, 1.807) is 84.9 Å². The number of aryl methyl sites for hydroxylation is 1. The van der Waals surface area contributed by atoms with Crippen LogP contribution in [0.5, 0.6) is 5.75 Å². The summed E-state index contributed by atoms with van der Waals surface area (Å²) in [5.74, 6) is -2.65. The molecule has 130 heavy (non-hydrogen) atoms. The second-order valence-electron chi connectivity index (χ2n) is 27.3. The maximum atomic E-state index is 13.3. The molecular weight excluding hydrogens is 1810 g/mol. The first-order valence-corrected chi connectivity index (χ1v) is 40.0. The first kappa shape index (κ1) is 107. The molecule has 17 rings (SSSR count). The number of pyridine rings is 5. The summed E-state index contributed by atoms with van der Waals surface area (Å²) in [5, 5.41) is 52.4. The minimum atomic E-state index is -0.680. The van der Waals surface area contributed by atoms with Crippen molar-refractivity contribution in [2.45, 2.75) is 120 Å². The number of nitrogens with zero attached hydrogens (tertiary/aromatic N) is 13. The summed E-state index contributed by atoms with van der Waals surface area (Å²) < 4.78 is 46.0. The molecule has 4 fully saturated rings. The Morgan fingerprint density at radius 3 is 1.08 bits per heavy atom. The van der Waals surface area contributed by atoms with Gasteiger partial charge >= 0.3 is 32.4 Å². The van der Waals surface area contributed by atoms with Crippen LogP contribution in [0.3, 0.4) is 0 Å². The summed E-state index contributed by atoms with van der Waals surface area (Å²) in [6, 6.07) is 61.0. The molecule has 2 radical (unpaired) electrons. The van der Waals surface area contributed by atoms with Crippen LogP contribution in [0.4, 0.5) is 13.2 Å². The van der Waals surface area contributed by atoms with Gasteiger partial charge in [0.05, 0.1) is 62.3 Å². The monoisotopic (exact) mass is 1890 g/mol. The van der Waals surface area contributed by atoms with E-state index in [-0.39, 0.29) is 177 Å². The van der Waals surface area contributed by atoms with Gasteiger partial charge in [-0.25, -0.2) is 38.1 Å². The molecule has 662 valence electrons. The number of thiol groups is 1. The number of halogens is 7. The average Bonchev–Trinajstić information content (AvgIpc) is 1.53. The number of carbonyl (C=O) groups excluding carboxylic acids is 9. The van der Waals surface area contributed by atoms with Gasteiger partial charge in [0.25, 0.3) is 5.91 Å². The normalized spacial score (nSPS) is 12.5. The summed E-state index contributed by atoms with van der Waals surface area (Å²) in [6.45, 7) is 2.55. The molecule has 8 aromatic carbocycles. The van der Waals surface area contributed by atoms with E-state index in [1.807, 2.05) is 85.8 Å². The first-order valence-electron chi connectivity index (χ1n) is 37.4. The van der Waals surface area contributed by atoms with Crippen molar-refractivity contribution < 1.29 is 66.0 Å². The summed E-state index contributed by atoms with van der Waals surface area (Å²) >= 11 is 24.7. The van der Waals surface area contributed by atoms with E-state index in [1.165, 1.54) is 69.3 Å². The van der Waals surface area contributed by atoms with Crippen molar-refractivity contribution in [3.8, 4) is 52.3 Å². The zero-order chi connectivity index (χ0) is 90.1. The van der Waals surface area contributed by atoms with Crippen molar-refractivity contribution in [2.24, 2.45) is 10.0 Å². The molecule has 0 atom stereocenters. The van der Waals surface area contributed by atoms with Crippen molar-refractivity contribution in [2.75, 3.05) is 0 Å². The van der Waals surface area contributed by atoms with Crippen LogP contribution in [-0.4, -0.2) is 113 Å². The Morgan fingerprint density at radius 1 is 0.462 bits per heavy atom. The van der Waals surface area contributed by atoms with Gasteiger partial charge in [-0.3, -0.25) is 63.2 Å². The first-order chi connectivity index (χ1) is 60.0. The van der Waals surface area contributed by atoms with Crippen LogP contribution in [0.1, 0.15) is 150 Å². The van der Waals surface area contributed by atoms with E-state index < -0.39 is 5.91 Å². The SMILES string of the molecule is C.C.C.C.C.Cc1ccc2c(Cl)cc(C#N)nc2c1.N#Cc1cc(-c2ccc(F)cc2)c2ccc(CN3C(=O)CCC3=O)cc2n1.N#Cc1cc(Cl)c2ccc(CBr)cc2n1.N#Cc1cc(Cl)c2ccc(CN3C(=O)CCC3=O)cc2n1.NC(=O)c1cc(-c2ccc(F)cc2)c2ccc(CN3C(=O)CCC3=O)cc2n1.O=C1CCC(=O)N1.O[B]Oc1ccc(F)cc1.[B]=NS. The Morgan fingerprint density at radius 2 is 0.754 bits per heavy atom. The zero-order valence-electron chi connectivity index (χ0n) is 65.6. The van der Waals surface area contributed by atoms with E-state index in [0.717, 1.165) is 82.2 Å². The number of nitriles is 4. The number of likely N-dealkylation sites (tertiary alicyclic amines) is 3. The quantitative estimate of drug-likeness (QED) is 0.0382. The summed E-state index contributed by atoms with van der Waals surface area (Å²) in [4.78, 5) is 128. The van der Waals surface area contributed by atoms with E-state index in [2.05, 4.69) is 75.6 Å². The van der Waals surface area contributed by atoms with Crippen LogP contribution >= 0.6 is 63.5 Å². The predicted octanol–water partition coefficient (Wildman–Crippen LogP) is 19.0. The summed E-state index contributed by atoms with van der Waals surface area (Å²) in [6.07, 6.45) is 2.24. The van der Waals surface area contributed by atoms with E-state index >= 15 is 0 Å². The number of nitrogens with one attached hydrogen (secondary N) is 1. The van der Waals surface area contributed by atoms with Gasteiger partial charge in [-0.2, -0.15) is 21.0 Å². The number of benzene rings is 8. The molecule has 4 aliphatic rings. The molecule has 26 nitrogen and oxygen atoms in total. The molecule has 4 N–H and O–H groups in total. The van der Waals surface area contributed by atoms with Gasteiger partial charge in [-0.1, -0.05) is 173 Å². The van der Waals surface area contributed by atoms with Gasteiger partial charge in [0, 0.05) is 83.6 Å². The van der Waals surface area contributed by atoms with Crippen molar-refractivity contribution in [1.82, 2.24) is 44.9 Å².